The summed E-state index contributed by atoms with van der Waals surface area (Å²) in [7, 11) is 0. The third kappa shape index (κ3) is 5.44. The predicted octanol–water partition coefficient (Wildman–Crippen LogP) is 4.13. The van der Waals surface area contributed by atoms with Crippen LogP contribution in [-0.4, -0.2) is 53.4 Å². The van der Waals surface area contributed by atoms with E-state index in [4.69, 9.17) is 0 Å². The number of aromatic nitrogens is 1. The molecule has 1 amide bonds. The van der Waals surface area contributed by atoms with Crippen molar-refractivity contribution in [3.63, 3.8) is 0 Å². The molecule has 1 aromatic heterocycles. The Morgan fingerprint density at radius 3 is 2.86 bits per heavy atom. The van der Waals surface area contributed by atoms with Gasteiger partial charge < -0.3 is 14.8 Å². The molecule has 0 aliphatic carbocycles. The quantitative estimate of drug-likeness (QED) is 0.742. The Hall–Kier alpha value is -2.14. The van der Waals surface area contributed by atoms with Crippen LogP contribution in [0.3, 0.4) is 0 Å². The normalized spacial score (nSPS) is 17.6. The molecule has 3 rings (SSSR count). The van der Waals surface area contributed by atoms with Crippen molar-refractivity contribution < 1.29 is 9.18 Å². The second-order valence-corrected chi connectivity index (χ2v) is 7.78. The average Bonchev–Trinajstić information content (AvgIpc) is 3.20. The number of amides is 1. The van der Waals surface area contributed by atoms with E-state index in [1.807, 2.05) is 30.0 Å². The summed E-state index contributed by atoms with van der Waals surface area (Å²) in [6.07, 6.45) is 4.08. The molecule has 1 atom stereocenters. The van der Waals surface area contributed by atoms with E-state index >= 15 is 0 Å². The highest BCUT2D eigenvalue weighted by molar-refractivity contribution is 5.92. The number of likely N-dealkylation sites (tertiary alicyclic amines) is 1. The number of benzene rings is 1. The van der Waals surface area contributed by atoms with Gasteiger partial charge in [0.2, 0.25) is 0 Å². The van der Waals surface area contributed by atoms with Crippen molar-refractivity contribution in [1.29, 1.82) is 0 Å². The van der Waals surface area contributed by atoms with Crippen molar-refractivity contribution in [2.75, 3.05) is 32.7 Å². The van der Waals surface area contributed by atoms with Gasteiger partial charge in [-0.05, 0) is 74.9 Å². The van der Waals surface area contributed by atoms with Gasteiger partial charge in [0.05, 0.1) is 0 Å². The van der Waals surface area contributed by atoms with E-state index in [1.165, 1.54) is 6.07 Å². The molecule has 0 saturated carbocycles. The molecule has 1 aromatic carbocycles. The van der Waals surface area contributed by atoms with Crippen molar-refractivity contribution in [3.05, 3.63) is 59.2 Å². The van der Waals surface area contributed by atoms with E-state index in [-0.39, 0.29) is 11.7 Å². The second-order valence-electron chi connectivity index (χ2n) is 7.78. The minimum atomic E-state index is -0.165. The van der Waals surface area contributed by atoms with Crippen LogP contribution in [0.4, 0.5) is 4.39 Å². The minimum absolute atomic E-state index is 0.0964. The van der Waals surface area contributed by atoms with Crippen LogP contribution in [-0.2, 0) is 12.8 Å². The summed E-state index contributed by atoms with van der Waals surface area (Å²) < 4.78 is 13.4. The maximum absolute atomic E-state index is 13.4. The molecule has 1 N–H and O–H groups in total. The van der Waals surface area contributed by atoms with E-state index in [0.717, 1.165) is 69.7 Å². The van der Waals surface area contributed by atoms with Crippen molar-refractivity contribution in [1.82, 2.24) is 14.8 Å². The number of aromatic amines is 1. The van der Waals surface area contributed by atoms with Gasteiger partial charge in [-0.1, -0.05) is 19.1 Å². The summed E-state index contributed by atoms with van der Waals surface area (Å²) in [6, 6.07) is 10.8. The van der Waals surface area contributed by atoms with Gasteiger partial charge in [-0.2, -0.15) is 0 Å². The number of halogens is 1. The van der Waals surface area contributed by atoms with Crippen LogP contribution in [0.25, 0.3) is 0 Å². The Kier molecular flexibility index (Phi) is 7.26. The molecule has 4 nitrogen and oxygen atoms in total. The van der Waals surface area contributed by atoms with E-state index in [1.54, 1.807) is 12.1 Å². The fourth-order valence-corrected chi connectivity index (χ4v) is 4.09. The van der Waals surface area contributed by atoms with Crippen molar-refractivity contribution in [2.24, 2.45) is 5.92 Å². The fraction of sp³-hybridized carbons (Fsp3) is 0.522. The summed E-state index contributed by atoms with van der Waals surface area (Å²) >= 11 is 0. The molecule has 1 aliphatic rings. The van der Waals surface area contributed by atoms with Crippen molar-refractivity contribution in [2.45, 2.75) is 39.5 Å². The molecule has 0 unspecified atom stereocenters. The highest BCUT2D eigenvalue weighted by atomic mass is 19.1. The van der Waals surface area contributed by atoms with Crippen LogP contribution in [0.1, 0.15) is 48.4 Å². The Balaban J connectivity index is 1.53. The molecule has 0 bridgehead atoms. The van der Waals surface area contributed by atoms with Crippen LogP contribution in [0.5, 0.6) is 0 Å². The average molecular weight is 386 g/mol. The molecule has 1 aliphatic heterocycles. The largest absolute Gasteiger partial charge is 0.354 e. The van der Waals surface area contributed by atoms with Gasteiger partial charge in [0.25, 0.3) is 5.91 Å². The maximum Gasteiger partial charge on any atom is 0.270 e. The zero-order valence-corrected chi connectivity index (χ0v) is 17.1. The Morgan fingerprint density at radius 1 is 1.29 bits per heavy atom. The molecular weight excluding hydrogens is 353 g/mol. The summed E-state index contributed by atoms with van der Waals surface area (Å²) in [6.45, 7) is 8.68. The van der Waals surface area contributed by atoms with E-state index in [0.29, 0.717) is 11.6 Å². The molecule has 2 heterocycles. The molecule has 0 spiro atoms. The van der Waals surface area contributed by atoms with Gasteiger partial charge >= 0.3 is 0 Å². The number of rotatable bonds is 8. The van der Waals surface area contributed by atoms with E-state index in [2.05, 4.69) is 16.8 Å². The number of carbonyl (C=O) groups is 1. The van der Waals surface area contributed by atoms with Crippen LogP contribution in [0.15, 0.2) is 36.4 Å². The molecular formula is C23H32FN3O. The highest BCUT2D eigenvalue weighted by Gasteiger charge is 2.24. The van der Waals surface area contributed by atoms with E-state index in [9.17, 15) is 9.18 Å². The number of H-pyrrole nitrogens is 1. The summed E-state index contributed by atoms with van der Waals surface area (Å²) in [5.74, 6) is 0.423. The lowest BCUT2D eigenvalue weighted by Gasteiger charge is -2.35. The zero-order chi connectivity index (χ0) is 19.9. The molecule has 0 radical (unpaired) electrons. The van der Waals surface area contributed by atoms with Crippen LogP contribution < -0.4 is 0 Å². The standard InChI is InChI=1S/C23H32FN3O/c1-3-21-10-11-22(25-21)23(28)27(4-2)17-19-8-6-13-26(16-19)14-12-18-7-5-9-20(24)15-18/h5,7,9-11,15,19,25H,3-4,6,8,12-14,16-17H2,1-2H3/t19-/m0/s1. The molecule has 1 fully saturated rings. The van der Waals surface area contributed by atoms with Gasteiger partial charge in [0, 0.05) is 31.9 Å². The predicted molar refractivity (Wildman–Crippen MR) is 111 cm³/mol. The van der Waals surface area contributed by atoms with Crippen LogP contribution >= 0.6 is 0 Å². The number of nitrogens with zero attached hydrogens (tertiary/aromatic N) is 2. The highest BCUT2D eigenvalue weighted by Crippen LogP contribution is 2.19. The smallest absolute Gasteiger partial charge is 0.270 e. The lowest BCUT2D eigenvalue weighted by atomic mass is 9.96. The molecule has 1 saturated heterocycles. The minimum Gasteiger partial charge on any atom is -0.354 e. The number of hydrogen-bond donors (Lipinski definition) is 1. The van der Waals surface area contributed by atoms with Crippen LogP contribution in [0, 0.1) is 11.7 Å². The molecule has 2 aromatic rings. The first kappa shape index (κ1) is 20.6. The number of piperidine rings is 1. The van der Waals surface area contributed by atoms with Gasteiger partial charge in [0.15, 0.2) is 0 Å². The second kappa shape index (κ2) is 9.87. The van der Waals surface area contributed by atoms with Gasteiger partial charge in [-0.15, -0.1) is 0 Å². The zero-order valence-electron chi connectivity index (χ0n) is 17.1. The van der Waals surface area contributed by atoms with Crippen molar-refractivity contribution >= 4 is 5.91 Å². The van der Waals surface area contributed by atoms with E-state index < -0.39 is 0 Å². The number of nitrogens with one attached hydrogen (secondary N) is 1. The van der Waals surface area contributed by atoms with Gasteiger partial charge in [-0.3, -0.25) is 4.79 Å². The Morgan fingerprint density at radius 2 is 2.14 bits per heavy atom. The third-order valence-electron chi connectivity index (χ3n) is 5.71. The monoisotopic (exact) mass is 385 g/mol. The maximum atomic E-state index is 13.4. The number of carbonyl (C=O) groups excluding carboxylic acids is 1. The lowest BCUT2D eigenvalue weighted by molar-refractivity contribution is 0.0685. The fourth-order valence-electron chi connectivity index (χ4n) is 4.09. The number of aryl methyl sites for hydroxylation is 1. The molecule has 28 heavy (non-hydrogen) atoms. The summed E-state index contributed by atoms with van der Waals surface area (Å²) in [5, 5.41) is 0. The topological polar surface area (TPSA) is 39.3 Å². The SMILES string of the molecule is CCc1ccc(C(=O)N(CC)C[C@H]2CCCN(CCc3cccc(F)c3)C2)[nH]1. The Bertz CT molecular complexity index is 773. The lowest BCUT2D eigenvalue weighted by Crippen LogP contribution is -2.43. The molecule has 152 valence electrons. The first-order chi connectivity index (χ1) is 13.6. The summed E-state index contributed by atoms with van der Waals surface area (Å²) in [4.78, 5) is 20.5. The Labute approximate surface area is 167 Å². The van der Waals surface area contributed by atoms with Crippen LogP contribution in [0.2, 0.25) is 0 Å². The first-order valence-corrected chi connectivity index (χ1v) is 10.5. The van der Waals surface area contributed by atoms with Crippen molar-refractivity contribution in [3.8, 4) is 0 Å². The van der Waals surface area contributed by atoms with Gasteiger partial charge in [0.1, 0.15) is 11.5 Å². The van der Waals surface area contributed by atoms with Gasteiger partial charge in [-0.25, -0.2) is 4.39 Å². The first-order valence-electron chi connectivity index (χ1n) is 10.5. The third-order valence-corrected chi connectivity index (χ3v) is 5.71. The summed E-state index contributed by atoms with van der Waals surface area (Å²) in [5.41, 5.74) is 2.84. The number of hydrogen-bond acceptors (Lipinski definition) is 2. The molecule has 5 heteroatoms.